The van der Waals surface area contributed by atoms with Crippen molar-refractivity contribution in [3.05, 3.63) is 58.4 Å². The van der Waals surface area contributed by atoms with E-state index in [0.717, 1.165) is 54.3 Å². The maximum absolute atomic E-state index is 12.3. The maximum Gasteiger partial charge on any atom is 0.336 e. The normalized spacial score (nSPS) is 16.5. The maximum atomic E-state index is 12.3. The molecule has 0 atom stereocenters. The summed E-state index contributed by atoms with van der Waals surface area (Å²) >= 11 is 0. The highest BCUT2D eigenvalue weighted by Gasteiger charge is 2.21. The van der Waals surface area contributed by atoms with E-state index in [1.165, 1.54) is 0 Å². The summed E-state index contributed by atoms with van der Waals surface area (Å²) in [5, 5.41) is 6.30. The van der Waals surface area contributed by atoms with Crippen molar-refractivity contribution in [2.24, 2.45) is 0 Å². The Morgan fingerprint density at radius 1 is 1.03 bits per heavy atom. The molecule has 1 aromatic heterocycles. The van der Waals surface area contributed by atoms with Crippen LogP contribution < -0.4 is 10.9 Å². The largest absolute Gasteiger partial charge is 0.423 e. The van der Waals surface area contributed by atoms with Crippen LogP contribution >= 0.6 is 0 Å². The van der Waals surface area contributed by atoms with Crippen LogP contribution in [0, 0.1) is 0 Å². The molecule has 0 unspecified atom stereocenters. The van der Waals surface area contributed by atoms with Crippen LogP contribution in [-0.2, 0) is 11.3 Å². The lowest BCUT2D eigenvalue weighted by molar-refractivity contribution is -0.123. The van der Waals surface area contributed by atoms with Gasteiger partial charge in [0.1, 0.15) is 5.58 Å². The molecule has 0 bridgehead atoms. The molecule has 1 saturated heterocycles. The molecule has 6 nitrogen and oxygen atoms in total. The van der Waals surface area contributed by atoms with E-state index in [1.807, 2.05) is 45.0 Å². The number of carbonyl (C=O) groups is 1. The van der Waals surface area contributed by atoms with Gasteiger partial charge in [-0.3, -0.25) is 14.6 Å². The van der Waals surface area contributed by atoms with Gasteiger partial charge in [0, 0.05) is 36.6 Å². The molecule has 164 valence electrons. The molecule has 1 N–H and O–H groups in total. The van der Waals surface area contributed by atoms with Crippen LogP contribution in [0.2, 0.25) is 0 Å². The van der Waals surface area contributed by atoms with Gasteiger partial charge in [-0.05, 0) is 62.7 Å². The quantitative estimate of drug-likeness (QED) is 0.517. The number of amides is 1. The minimum absolute atomic E-state index is 0.0686. The van der Waals surface area contributed by atoms with Gasteiger partial charge in [-0.1, -0.05) is 30.3 Å². The zero-order chi connectivity index (χ0) is 22.0. The van der Waals surface area contributed by atoms with Crippen molar-refractivity contribution in [3.63, 3.8) is 0 Å². The Morgan fingerprint density at radius 3 is 2.58 bits per heavy atom. The Morgan fingerprint density at radius 2 is 1.77 bits per heavy atom. The standard InChI is InChI=1S/C25H31N3O3/c1-25(2,3)26-22(29)17-28-12-6-11-27(13-14-28)16-19-15-23(30)31-21-10-9-18-7-4-5-8-20(18)24(19)21/h4-5,7-10,15H,6,11-14,16-17H2,1-3H3,(H,26,29). The van der Waals surface area contributed by atoms with Crippen molar-refractivity contribution >= 4 is 27.6 Å². The molecule has 1 aliphatic heterocycles. The number of hydrogen-bond donors (Lipinski definition) is 1. The van der Waals surface area contributed by atoms with Gasteiger partial charge < -0.3 is 9.73 Å². The first-order chi connectivity index (χ1) is 14.8. The molecule has 0 saturated carbocycles. The molecular weight excluding hydrogens is 390 g/mol. The summed E-state index contributed by atoms with van der Waals surface area (Å²) in [4.78, 5) is 29.1. The molecular formula is C25H31N3O3. The molecule has 31 heavy (non-hydrogen) atoms. The first-order valence-corrected chi connectivity index (χ1v) is 11.0. The predicted molar refractivity (Wildman–Crippen MR) is 124 cm³/mol. The highest BCUT2D eigenvalue weighted by molar-refractivity contribution is 6.07. The highest BCUT2D eigenvalue weighted by Crippen LogP contribution is 2.28. The summed E-state index contributed by atoms with van der Waals surface area (Å²) in [5.41, 5.74) is 1.11. The van der Waals surface area contributed by atoms with Crippen molar-refractivity contribution in [3.8, 4) is 0 Å². The van der Waals surface area contributed by atoms with Gasteiger partial charge >= 0.3 is 5.63 Å². The molecule has 0 spiro atoms. The fourth-order valence-electron chi connectivity index (χ4n) is 4.39. The van der Waals surface area contributed by atoms with E-state index in [-0.39, 0.29) is 17.1 Å². The van der Waals surface area contributed by atoms with Crippen molar-refractivity contribution in [2.75, 3.05) is 32.7 Å². The fraction of sp³-hybridized carbons (Fsp3) is 0.440. The van der Waals surface area contributed by atoms with E-state index in [4.69, 9.17) is 4.42 Å². The van der Waals surface area contributed by atoms with E-state index in [9.17, 15) is 9.59 Å². The van der Waals surface area contributed by atoms with Crippen LogP contribution in [0.3, 0.4) is 0 Å². The third kappa shape index (κ3) is 5.32. The van der Waals surface area contributed by atoms with Crippen molar-refractivity contribution < 1.29 is 9.21 Å². The summed E-state index contributed by atoms with van der Waals surface area (Å²) < 4.78 is 5.50. The van der Waals surface area contributed by atoms with E-state index < -0.39 is 0 Å². The number of carbonyl (C=O) groups excluding carboxylic acids is 1. The lowest BCUT2D eigenvalue weighted by Crippen LogP contribution is -2.46. The Labute approximate surface area is 182 Å². The van der Waals surface area contributed by atoms with E-state index in [1.54, 1.807) is 6.07 Å². The second-order valence-electron chi connectivity index (χ2n) is 9.45. The van der Waals surface area contributed by atoms with Gasteiger partial charge in [0.25, 0.3) is 0 Å². The Bertz CT molecular complexity index is 1150. The number of rotatable bonds is 4. The molecule has 1 amide bonds. The van der Waals surface area contributed by atoms with Crippen LogP contribution in [-0.4, -0.2) is 54.0 Å². The summed E-state index contributed by atoms with van der Waals surface area (Å²) in [6, 6.07) is 13.7. The smallest absolute Gasteiger partial charge is 0.336 e. The van der Waals surface area contributed by atoms with Crippen LogP contribution in [0.15, 0.2) is 51.7 Å². The van der Waals surface area contributed by atoms with E-state index in [0.29, 0.717) is 18.7 Å². The number of nitrogens with one attached hydrogen (secondary N) is 1. The van der Waals surface area contributed by atoms with Gasteiger partial charge in [0.05, 0.1) is 6.54 Å². The molecule has 2 heterocycles. The zero-order valence-corrected chi connectivity index (χ0v) is 18.6. The predicted octanol–water partition coefficient (Wildman–Crippen LogP) is 3.37. The number of benzene rings is 2. The van der Waals surface area contributed by atoms with Crippen molar-refractivity contribution in [2.45, 2.75) is 39.3 Å². The number of nitrogens with zero attached hydrogens (tertiary/aromatic N) is 2. The third-order valence-electron chi connectivity index (χ3n) is 5.67. The number of fused-ring (bicyclic) bond motifs is 3. The lowest BCUT2D eigenvalue weighted by atomic mass is 10.0. The van der Waals surface area contributed by atoms with Crippen molar-refractivity contribution in [1.82, 2.24) is 15.1 Å². The summed E-state index contributed by atoms with van der Waals surface area (Å²) in [7, 11) is 0. The third-order valence-corrected chi connectivity index (χ3v) is 5.67. The highest BCUT2D eigenvalue weighted by atomic mass is 16.4. The molecule has 6 heteroatoms. The summed E-state index contributed by atoms with van der Waals surface area (Å²) in [6.07, 6.45) is 0.989. The van der Waals surface area contributed by atoms with Gasteiger partial charge in [0.2, 0.25) is 5.91 Å². The topological polar surface area (TPSA) is 65.8 Å². The van der Waals surface area contributed by atoms with Gasteiger partial charge in [-0.15, -0.1) is 0 Å². The van der Waals surface area contributed by atoms with Crippen LogP contribution in [0.5, 0.6) is 0 Å². The van der Waals surface area contributed by atoms with Crippen LogP contribution in [0.4, 0.5) is 0 Å². The van der Waals surface area contributed by atoms with Gasteiger partial charge in [0.15, 0.2) is 0 Å². The molecule has 0 aliphatic carbocycles. The first-order valence-electron chi connectivity index (χ1n) is 11.0. The zero-order valence-electron chi connectivity index (χ0n) is 18.6. The molecule has 1 fully saturated rings. The SMILES string of the molecule is CC(C)(C)NC(=O)CN1CCCN(Cc2cc(=O)oc3ccc4ccccc4c23)CC1. The second kappa shape index (κ2) is 8.81. The Balaban J connectivity index is 1.51. The average molecular weight is 422 g/mol. The molecule has 3 aromatic rings. The minimum atomic E-state index is -0.312. The van der Waals surface area contributed by atoms with Crippen LogP contribution in [0.25, 0.3) is 21.7 Å². The Hall–Kier alpha value is -2.70. The molecule has 4 rings (SSSR count). The monoisotopic (exact) mass is 421 g/mol. The van der Waals surface area contributed by atoms with Gasteiger partial charge in [-0.25, -0.2) is 4.79 Å². The van der Waals surface area contributed by atoms with Gasteiger partial charge in [-0.2, -0.15) is 0 Å². The van der Waals surface area contributed by atoms with E-state index in [2.05, 4.69) is 27.2 Å². The average Bonchev–Trinajstić information content (AvgIpc) is 2.91. The van der Waals surface area contributed by atoms with Crippen molar-refractivity contribution in [1.29, 1.82) is 0 Å². The first kappa shape index (κ1) is 21.5. The second-order valence-corrected chi connectivity index (χ2v) is 9.45. The molecule has 0 radical (unpaired) electrons. The minimum Gasteiger partial charge on any atom is -0.423 e. The summed E-state index contributed by atoms with van der Waals surface area (Å²) in [6.45, 7) is 10.6. The fourth-order valence-corrected chi connectivity index (χ4v) is 4.39. The van der Waals surface area contributed by atoms with E-state index >= 15 is 0 Å². The lowest BCUT2D eigenvalue weighted by Gasteiger charge is -2.25. The molecule has 1 aliphatic rings. The van der Waals surface area contributed by atoms with Crippen LogP contribution in [0.1, 0.15) is 32.8 Å². The molecule has 2 aromatic carbocycles. The summed E-state index contributed by atoms with van der Waals surface area (Å²) in [5.74, 6) is 0.0686. The number of hydrogen-bond acceptors (Lipinski definition) is 5. The Kier molecular flexibility index (Phi) is 6.12.